The van der Waals surface area contributed by atoms with Gasteiger partial charge in [-0.1, -0.05) is 0 Å². The number of amides is 1. The average Bonchev–Trinajstić information content (AvgIpc) is 2.84. The summed E-state index contributed by atoms with van der Waals surface area (Å²) in [6, 6.07) is 11.0. The molecule has 0 aliphatic carbocycles. The summed E-state index contributed by atoms with van der Waals surface area (Å²) < 4.78 is 0. The first-order valence-electron chi connectivity index (χ1n) is 10.7. The number of carbonyl (C=O) groups is 1. The van der Waals surface area contributed by atoms with Crippen LogP contribution in [0.1, 0.15) is 10.4 Å². The normalized spacial score (nSPS) is 14.4. The minimum atomic E-state index is -0.240. The minimum absolute atomic E-state index is 0.240. The van der Waals surface area contributed by atoms with Gasteiger partial charge in [0, 0.05) is 73.5 Å². The van der Waals surface area contributed by atoms with Gasteiger partial charge in [0.15, 0.2) is 0 Å². The Morgan fingerprint density at radius 1 is 1.00 bits per heavy atom. The largest absolute Gasteiger partial charge is 0.397 e. The van der Waals surface area contributed by atoms with Crippen molar-refractivity contribution < 1.29 is 4.79 Å². The Hall–Kier alpha value is -4.11. The monoisotopic (exact) mass is 440 g/mol. The first-order valence-corrected chi connectivity index (χ1v) is 10.7. The lowest BCUT2D eigenvalue weighted by molar-refractivity contribution is 0.102. The van der Waals surface area contributed by atoms with Gasteiger partial charge in [-0.2, -0.15) is 0 Å². The number of hydrogen-bond donors (Lipinski definition) is 2. The van der Waals surface area contributed by atoms with Gasteiger partial charge in [-0.3, -0.25) is 9.78 Å². The topological polar surface area (TPSA) is 113 Å². The fraction of sp³-hybridized carbons (Fsp3) is 0.208. The number of anilines is 3. The third-order valence-corrected chi connectivity index (χ3v) is 5.71. The number of carbonyl (C=O) groups excluding carboxylic acids is 1. The van der Waals surface area contributed by atoms with Crippen LogP contribution in [0.2, 0.25) is 0 Å². The van der Waals surface area contributed by atoms with Crippen molar-refractivity contribution in [2.24, 2.45) is 0 Å². The lowest BCUT2D eigenvalue weighted by Gasteiger charge is -2.33. The summed E-state index contributed by atoms with van der Waals surface area (Å²) in [5.74, 6) is 1.00. The van der Waals surface area contributed by atoms with E-state index < -0.39 is 0 Å². The SMILES string of the molecule is CN1CCN(c2cc(C(=O)Nc3cc4nc(-c5cncc(N)c5)ccc4cn3)ccn2)CC1. The van der Waals surface area contributed by atoms with Gasteiger partial charge in [0.25, 0.3) is 5.91 Å². The van der Waals surface area contributed by atoms with Crippen molar-refractivity contribution >= 4 is 34.1 Å². The molecule has 0 saturated carbocycles. The van der Waals surface area contributed by atoms with Crippen LogP contribution in [0.4, 0.5) is 17.3 Å². The first kappa shape index (κ1) is 20.8. The number of nitrogens with zero attached hydrogens (tertiary/aromatic N) is 6. The minimum Gasteiger partial charge on any atom is -0.397 e. The van der Waals surface area contributed by atoms with Crippen LogP contribution < -0.4 is 16.0 Å². The van der Waals surface area contributed by atoms with Crippen LogP contribution in [0.3, 0.4) is 0 Å². The summed E-state index contributed by atoms with van der Waals surface area (Å²) in [6.07, 6.45) is 6.68. The molecule has 5 heterocycles. The van der Waals surface area contributed by atoms with Crippen molar-refractivity contribution in [3.63, 3.8) is 0 Å². The summed E-state index contributed by atoms with van der Waals surface area (Å²) in [4.78, 5) is 35.0. The molecule has 1 aliphatic heterocycles. The Bertz CT molecular complexity index is 1320. The van der Waals surface area contributed by atoms with Crippen molar-refractivity contribution in [2.45, 2.75) is 0 Å². The van der Waals surface area contributed by atoms with Crippen molar-refractivity contribution in [1.29, 1.82) is 0 Å². The molecule has 9 heteroatoms. The molecule has 0 spiro atoms. The van der Waals surface area contributed by atoms with Gasteiger partial charge in [0.2, 0.25) is 0 Å². The molecule has 1 aliphatic rings. The number of likely N-dealkylation sites (N-methyl/N-ethyl adjacent to an activating group) is 1. The van der Waals surface area contributed by atoms with E-state index >= 15 is 0 Å². The first-order chi connectivity index (χ1) is 16.0. The molecule has 5 rings (SSSR count). The molecule has 0 unspecified atom stereocenters. The van der Waals surface area contributed by atoms with Gasteiger partial charge in [-0.15, -0.1) is 0 Å². The number of rotatable bonds is 4. The highest BCUT2D eigenvalue weighted by Crippen LogP contribution is 2.23. The van der Waals surface area contributed by atoms with Crippen molar-refractivity contribution in [3.05, 3.63) is 66.7 Å². The number of pyridine rings is 4. The maximum atomic E-state index is 12.9. The zero-order valence-corrected chi connectivity index (χ0v) is 18.3. The van der Waals surface area contributed by atoms with E-state index in [9.17, 15) is 4.79 Å². The molecule has 0 aromatic carbocycles. The van der Waals surface area contributed by atoms with E-state index in [-0.39, 0.29) is 5.91 Å². The quantitative estimate of drug-likeness (QED) is 0.498. The Kier molecular flexibility index (Phi) is 5.54. The zero-order chi connectivity index (χ0) is 22.8. The molecule has 4 aromatic rings. The van der Waals surface area contributed by atoms with E-state index in [0.717, 1.165) is 48.6 Å². The van der Waals surface area contributed by atoms with Crippen LogP contribution in [-0.2, 0) is 0 Å². The second kappa shape index (κ2) is 8.79. The maximum Gasteiger partial charge on any atom is 0.257 e. The van der Waals surface area contributed by atoms with Crippen LogP contribution >= 0.6 is 0 Å². The highest BCUT2D eigenvalue weighted by Gasteiger charge is 2.17. The van der Waals surface area contributed by atoms with Crippen LogP contribution in [0.5, 0.6) is 0 Å². The summed E-state index contributed by atoms with van der Waals surface area (Å²) in [5.41, 5.74) is 9.25. The molecule has 33 heavy (non-hydrogen) atoms. The second-order valence-electron chi connectivity index (χ2n) is 8.11. The molecular weight excluding hydrogens is 416 g/mol. The molecule has 9 nitrogen and oxygen atoms in total. The number of aromatic nitrogens is 4. The number of fused-ring (bicyclic) bond motifs is 1. The number of nitrogen functional groups attached to an aromatic ring is 1. The van der Waals surface area contributed by atoms with Crippen molar-refractivity contribution in [3.8, 4) is 11.3 Å². The molecule has 1 amide bonds. The van der Waals surface area contributed by atoms with E-state index in [4.69, 9.17) is 10.7 Å². The molecular formula is C24H24N8O. The average molecular weight is 441 g/mol. The third-order valence-electron chi connectivity index (χ3n) is 5.71. The van der Waals surface area contributed by atoms with Gasteiger partial charge >= 0.3 is 0 Å². The zero-order valence-electron chi connectivity index (χ0n) is 18.3. The predicted octanol–water partition coefficient (Wildman–Crippen LogP) is 2.67. The summed E-state index contributed by atoms with van der Waals surface area (Å²) in [5, 5.41) is 3.75. The molecule has 0 radical (unpaired) electrons. The molecule has 3 N–H and O–H groups in total. The van der Waals surface area contributed by atoms with Crippen molar-refractivity contribution in [2.75, 3.05) is 49.2 Å². The van der Waals surface area contributed by atoms with E-state index in [1.54, 1.807) is 36.9 Å². The molecule has 1 saturated heterocycles. The number of hydrogen-bond acceptors (Lipinski definition) is 8. The molecule has 1 fully saturated rings. The summed E-state index contributed by atoms with van der Waals surface area (Å²) in [6.45, 7) is 3.72. The Balaban J connectivity index is 1.36. The van der Waals surface area contributed by atoms with Crippen LogP contribution in [-0.4, -0.2) is 64.0 Å². The molecule has 0 atom stereocenters. The van der Waals surface area contributed by atoms with Gasteiger partial charge in [0.05, 0.1) is 16.9 Å². The van der Waals surface area contributed by atoms with Crippen LogP contribution in [0.25, 0.3) is 22.2 Å². The third kappa shape index (κ3) is 4.58. The standard InChI is InChI=1S/C24H24N8O/c1-31-6-8-32(9-7-31)23-11-16(4-5-27-23)24(33)30-22-12-21-17(14-28-22)2-3-20(29-21)18-10-19(25)15-26-13-18/h2-5,10-15H,6-9,25H2,1H3,(H,28,30,33). The van der Waals surface area contributed by atoms with Crippen LogP contribution in [0.15, 0.2) is 61.2 Å². The fourth-order valence-electron chi connectivity index (χ4n) is 3.80. The van der Waals surface area contributed by atoms with E-state index in [1.165, 1.54) is 0 Å². The fourth-order valence-corrected chi connectivity index (χ4v) is 3.80. The van der Waals surface area contributed by atoms with Gasteiger partial charge in [-0.25, -0.2) is 15.0 Å². The Morgan fingerprint density at radius 2 is 1.85 bits per heavy atom. The number of nitrogens with one attached hydrogen (secondary N) is 1. The van der Waals surface area contributed by atoms with Crippen molar-refractivity contribution in [1.82, 2.24) is 24.8 Å². The highest BCUT2D eigenvalue weighted by atomic mass is 16.1. The lowest BCUT2D eigenvalue weighted by Crippen LogP contribution is -2.44. The lowest BCUT2D eigenvalue weighted by atomic mass is 10.1. The Morgan fingerprint density at radius 3 is 2.67 bits per heavy atom. The maximum absolute atomic E-state index is 12.9. The number of nitrogens with two attached hydrogens (primary N) is 1. The van der Waals surface area contributed by atoms with Gasteiger partial charge in [-0.05, 0) is 37.4 Å². The van der Waals surface area contributed by atoms with Gasteiger partial charge in [0.1, 0.15) is 11.6 Å². The van der Waals surface area contributed by atoms with Crippen LogP contribution in [0, 0.1) is 0 Å². The van der Waals surface area contributed by atoms with E-state index in [0.29, 0.717) is 22.6 Å². The summed E-state index contributed by atoms with van der Waals surface area (Å²) >= 11 is 0. The second-order valence-corrected chi connectivity index (χ2v) is 8.11. The van der Waals surface area contributed by atoms with E-state index in [1.807, 2.05) is 24.3 Å². The molecule has 166 valence electrons. The van der Waals surface area contributed by atoms with E-state index in [2.05, 4.69) is 37.1 Å². The van der Waals surface area contributed by atoms with Gasteiger partial charge < -0.3 is 20.9 Å². The smallest absolute Gasteiger partial charge is 0.257 e. The highest BCUT2D eigenvalue weighted by molar-refractivity contribution is 6.04. The molecule has 4 aromatic heterocycles. The predicted molar refractivity (Wildman–Crippen MR) is 129 cm³/mol. The molecule has 0 bridgehead atoms. The number of piperazine rings is 1. The summed E-state index contributed by atoms with van der Waals surface area (Å²) in [7, 11) is 2.11. The Labute approximate surface area is 191 Å².